The molecule has 0 aromatic carbocycles. The van der Waals surface area contributed by atoms with Gasteiger partial charge in [-0.05, 0) is 19.3 Å². The quantitative estimate of drug-likeness (QED) is 0.747. The molecule has 0 aliphatic carbocycles. The lowest BCUT2D eigenvalue weighted by molar-refractivity contribution is -0.132. The molecule has 1 aliphatic rings. The van der Waals surface area contributed by atoms with Crippen LogP contribution >= 0.6 is 0 Å². The van der Waals surface area contributed by atoms with Crippen molar-refractivity contribution in [2.75, 3.05) is 25.4 Å². The van der Waals surface area contributed by atoms with Gasteiger partial charge in [0, 0.05) is 26.1 Å². The minimum absolute atomic E-state index is 0.0576. The number of nitrogen functional groups attached to an aromatic ring is 1. The molecule has 1 aromatic heterocycles. The van der Waals surface area contributed by atoms with Crippen molar-refractivity contribution in [2.24, 2.45) is 0 Å². The van der Waals surface area contributed by atoms with Gasteiger partial charge in [0.2, 0.25) is 17.8 Å². The van der Waals surface area contributed by atoms with Crippen molar-refractivity contribution in [3.63, 3.8) is 0 Å². The van der Waals surface area contributed by atoms with Crippen molar-refractivity contribution in [2.45, 2.75) is 32.2 Å². The molecule has 0 atom stereocenters. The van der Waals surface area contributed by atoms with E-state index in [0.29, 0.717) is 13.0 Å². The molecule has 8 nitrogen and oxygen atoms in total. The molecule has 0 spiro atoms. The molecule has 0 saturated carbocycles. The van der Waals surface area contributed by atoms with E-state index in [1.165, 1.54) is 17.4 Å². The first-order valence-corrected chi connectivity index (χ1v) is 6.84. The number of aromatic nitrogens is 3. The average Bonchev–Trinajstić information content (AvgIpc) is 2.85. The number of likely N-dealkylation sites (tertiary alicyclic amines) is 1. The van der Waals surface area contributed by atoms with Gasteiger partial charge < -0.3 is 16.0 Å². The molecule has 2 heterocycles. The Morgan fingerprint density at radius 3 is 2.70 bits per heavy atom. The Balaban J connectivity index is 1.64. The van der Waals surface area contributed by atoms with Crippen molar-refractivity contribution in [3.8, 4) is 0 Å². The van der Waals surface area contributed by atoms with Crippen LogP contribution in [0.15, 0.2) is 6.33 Å². The molecule has 1 aromatic rings. The van der Waals surface area contributed by atoms with Gasteiger partial charge >= 0.3 is 0 Å². The highest BCUT2D eigenvalue weighted by molar-refractivity contribution is 5.79. The Labute approximate surface area is 117 Å². The van der Waals surface area contributed by atoms with Crippen LogP contribution in [0.1, 0.15) is 25.7 Å². The average molecular weight is 280 g/mol. The van der Waals surface area contributed by atoms with Crippen LogP contribution in [0.5, 0.6) is 0 Å². The maximum atomic E-state index is 11.9. The molecule has 2 rings (SSSR count). The first-order valence-electron chi connectivity index (χ1n) is 6.84. The number of carbonyl (C=O) groups excluding carboxylic acids is 2. The predicted octanol–water partition coefficient (Wildman–Crippen LogP) is -0.621. The lowest BCUT2D eigenvalue weighted by Crippen LogP contribution is -2.38. The molecule has 1 fully saturated rings. The van der Waals surface area contributed by atoms with E-state index in [0.717, 1.165) is 25.9 Å². The molecule has 0 radical (unpaired) electrons. The second-order valence-corrected chi connectivity index (χ2v) is 4.84. The van der Waals surface area contributed by atoms with Gasteiger partial charge in [0.05, 0.1) is 0 Å². The van der Waals surface area contributed by atoms with Gasteiger partial charge in [0.1, 0.15) is 12.9 Å². The van der Waals surface area contributed by atoms with Crippen LogP contribution < -0.4 is 11.1 Å². The zero-order valence-corrected chi connectivity index (χ0v) is 11.4. The van der Waals surface area contributed by atoms with E-state index in [4.69, 9.17) is 5.73 Å². The number of nitrogens with zero attached hydrogens (tertiary/aromatic N) is 4. The summed E-state index contributed by atoms with van der Waals surface area (Å²) in [5.41, 5.74) is 5.35. The third-order valence-electron chi connectivity index (χ3n) is 3.23. The SMILES string of the molecule is Nc1ncn(CC(=O)NCCC(=O)N2CCCCC2)n1. The summed E-state index contributed by atoms with van der Waals surface area (Å²) in [5, 5.41) is 6.51. The largest absolute Gasteiger partial charge is 0.367 e. The highest BCUT2D eigenvalue weighted by atomic mass is 16.2. The standard InChI is InChI=1S/C12H20N6O2/c13-12-15-9-18(16-12)8-10(19)14-5-4-11(20)17-6-2-1-3-7-17/h9H,1-8H2,(H2,13,16)(H,14,19). The van der Waals surface area contributed by atoms with Crippen LogP contribution in [-0.4, -0.2) is 51.1 Å². The fraction of sp³-hybridized carbons (Fsp3) is 0.667. The Bertz CT molecular complexity index is 466. The van der Waals surface area contributed by atoms with Gasteiger partial charge in [-0.15, -0.1) is 5.10 Å². The maximum Gasteiger partial charge on any atom is 0.241 e. The van der Waals surface area contributed by atoms with Crippen LogP contribution in [0.2, 0.25) is 0 Å². The van der Waals surface area contributed by atoms with E-state index in [1.807, 2.05) is 4.90 Å². The van der Waals surface area contributed by atoms with E-state index < -0.39 is 0 Å². The fourth-order valence-corrected chi connectivity index (χ4v) is 2.20. The number of piperidine rings is 1. The molecule has 3 N–H and O–H groups in total. The Hall–Kier alpha value is -2.12. The molecule has 1 aliphatic heterocycles. The number of rotatable bonds is 5. The lowest BCUT2D eigenvalue weighted by atomic mass is 10.1. The number of anilines is 1. The monoisotopic (exact) mass is 280 g/mol. The fourth-order valence-electron chi connectivity index (χ4n) is 2.20. The van der Waals surface area contributed by atoms with E-state index in [-0.39, 0.29) is 24.3 Å². The zero-order chi connectivity index (χ0) is 14.4. The van der Waals surface area contributed by atoms with Gasteiger partial charge in [-0.25, -0.2) is 9.67 Å². The van der Waals surface area contributed by atoms with Crippen molar-refractivity contribution in [1.82, 2.24) is 25.0 Å². The summed E-state index contributed by atoms with van der Waals surface area (Å²) in [5.74, 6) is 0.0365. The lowest BCUT2D eigenvalue weighted by Gasteiger charge is -2.26. The highest BCUT2D eigenvalue weighted by Gasteiger charge is 2.16. The minimum Gasteiger partial charge on any atom is -0.367 e. The number of hydrogen-bond acceptors (Lipinski definition) is 5. The molecule has 2 amide bonds. The van der Waals surface area contributed by atoms with E-state index in [2.05, 4.69) is 15.4 Å². The molecule has 110 valence electrons. The molecule has 1 saturated heterocycles. The number of carbonyl (C=O) groups is 2. The van der Waals surface area contributed by atoms with Crippen LogP contribution in [0, 0.1) is 0 Å². The first kappa shape index (κ1) is 14.3. The topological polar surface area (TPSA) is 106 Å². The van der Waals surface area contributed by atoms with Gasteiger partial charge in [0.15, 0.2) is 0 Å². The predicted molar refractivity (Wildman–Crippen MR) is 72.5 cm³/mol. The third-order valence-corrected chi connectivity index (χ3v) is 3.23. The van der Waals surface area contributed by atoms with Crippen LogP contribution in [0.4, 0.5) is 5.95 Å². The zero-order valence-electron chi connectivity index (χ0n) is 11.4. The highest BCUT2D eigenvalue weighted by Crippen LogP contribution is 2.09. The number of hydrogen-bond donors (Lipinski definition) is 2. The van der Waals surface area contributed by atoms with Crippen molar-refractivity contribution < 1.29 is 9.59 Å². The smallest absolute Gasteiger partial charge is 0.241 e. The molecule has 0 unspecified atom stereocenters. The van der Waals surface area contributed by atoms with Crippen LogP contribution in [0.3, 0.4) is 0 Å². The normalized spacial score (nSPS) is 15.1. The van der Waals surface area contributed by atoms with Gasteiger partial charge in [0.25, 0.3) is 0 Å². The second-order valence-electron chi connectivity index (χ2n) is 4.84. The summed E-state index contributed by atoms with van der Waals surface area (Å²) in [6.45, 7) is 2.08. The van der Waals surface area contributed by atoms with E-state index >= 15 is 0 Å². The second kappa shape index (κ2) is 6.88. The molecule has 0 bridgehead atoms. The van der Waals surface area contributed by atoms with Crippen molar-refractivity contribution >= 4 is 17.8 Å². The molecular weight excluding hydrogens is 260 g/mol. The molecule has 8 heteroatoms. The van der Waals surface area contributed by atoms with Gasteiger partial charge in [-0.2, -0.15) is 0 Å². The minimum atomic E-state index is -0.207. The Morgan fingerprint density at radius 1 is 1.30 bits per heavy atom. The summed E-state index contributed by atoms with van der Waals surface area (Å²) < 4.78 is 1.36. The first-order chi connectivity index (χ1) is 9.65. The van der Waals surface area contributed by atoms with Crippen LogP contribution in [0.25, 0.3) is 0 Å². The van der Waals surface area contributed by atoms with Gasteiger partial charge in [-0.3, -0.25) is 9.59 Å². The Kier molecular flexibility index (Phi) is 4.91. The van der Waals surface area contributed by atoms with E-state index in [1.54, 1.807) is 0 Å². The maximum absolute atomic E-state index is 11.9. The molecular formula is C12H20N6O2. The summed E-state index contributed by atoms with van der Waals surface area (Å²) in [4.78, 5) is 29.1. The number of nitrogens with one attached hydrogen (secondary N) is 1. The summed E-state index contributed by atoms with van der Waals surface area (Å²) in [6, 6.07) is 0. The van der Waals surface area contributed by atoms with Crippen molar-refractivity contribution in [1.29, 1.82) is 0 Å². The van der Waals surface area contributed by atoms with E-state index in [9.17, 15) is 9.59 Å². The summed E-state index contributed by atoms with van der Waals surface area (Å²) in [7, 11) is 0. The molecule has 20 heavy (non-hydrogen) atoms. The number of nitrogens with two attached hydrogens (primary N) is 1. The van der Waals surface area contributed by atoms with Crippen LogP contribution in [-0.2, 0) is 16.1 Å². The Morgan fingerprint density at radius 2 is 2.05 bits per heavy atom. The van der Waals surface area contributed by atoms with Crippen molar-refractivity contribution in [3.05, 3.63) is 6.33 Å². The summed E-state index contributed by atoms with van der Waals surface area (Å²) >= 11 is 0. The third kappa shape index (κ3) is 4.22. The van der Waals surface area contributed by atoms with Gasteiger partial charge in [-0.1, -0.05) is 0 Å². The summed E-state index contributed by atoms with van der Waals surface area (Å²) in [6.07, 6.45) is 5.08. The number of amides is 2.